The minimum absolute atomic E-state index is 0.133. The lowest BCUT2D eigenvalue weighted by molar-refractivity contribution is 0.198. The first-order chi connectivity index (χ1) is 15.3. The molecule has 10 heteroatoms. The summed E-state index contributed by atoms with van der Waals surface area (Å²) >= 11 is 0. The standard InChI is InChI=1S/C22H32N4O4SSi/c1-5-32(6-2,7-3)30-22(16-24-26-23)19-13-14-21(20(15-19)25-31(4,27)28)29-17-18-11-9-8-10-12-18/h8-15,22,25H,5-7,16-17H2,1-4H3. The van der Waals surface area contributed by atoms with Crippen LogP contribution in [0.15, 0.2) is 53.6 Å². The zero-order valence-electron chi connectivity index (χ0n) is 19.1. The van der Waals surface area contributed by atoms with Crippen LogP contribution in [-0.2, 0) is 21.1 Å². The summed E-state index contributed by atoms with van der Waals surface area (Å²) in [7, 11) is -5.54. The van der Waals surface area contributed by atoms with Crippen molar-refractivity contribution in [2.45, 2.75) is 51.6 Å². The highest BCUT2D eigenvalue weighted by molar-refractivity contribution is 7.92. The predicted molar refractivity (Wildman–Crippen MR) is 131 cm³/mol. The van der Waals surface area contributed by atoms with Gasteiger partial charge in [-0.25, -0.2) is 8.42 Å². The van der Waals surface area contributed by atoms with Crippen LogP contribution in [0.1, 0.15) is 38.0 Å². The van der Waals surface area contributed by atoms with Crippen molar-refractivity contribution in [2.75, 3.05) is 17.5 Å². The molecule has 0 aromatic heterocycles. The van der Waals surface area contributed by atoms with Gasteiger partial charge in [0.25, 0.3) is 0 Å². The molecule has 8 nitrogen and oxygen atoms in total. The Morgan fingerprint density at radius 2 is 1.75 bits per heavy atom. The van der Waals surface area contributed by atoms with Gasteiger partial charge in [0.2, 0.25) is 10.0 Å². The van der Waals surface area contributed by atoms with Crippen LogP contribution in [0.4, 0.5) is 5.69 Å². The van der Waals surface area contributed by atoms with Gasteiger partial charge in [-0.15, -0.1) is 0 Å². The van der Waals surface area contributed by atoms with E-state index in [2.05, 4.69) is 35.5 Å². The molecule has 0 amide bonds. The van der Waals surface area contributed by atoms with Gasteiger partial charge in [0.05, 0.1) is 24.6 Å². The second-order valence-corrected chi connectivity index (χ2v) is 14.1. The summed E-state index contributed by atoms with van der Waals surface area (Å²) in [6, 6.07) is 17.7. The van der Waals surface area contributed by atoms with E-state index in [9.17, 15) is 8.42 Å². The number of hydrogen-bond donors (Lipinski definition) is 1. The maximum absolute atomic E-state index is 12.0. The van der Waals surface area contributed by atoms with E-state index in [4.69, 9.17) is 14.7 Å². The molecule has 0 saturated carbocycles. The fourth-order valence-electron chi connectivity index (χ4n) is 3.51. The van der Waals surface area contributed by atoms with Crippen molar-refractivity contribution in [1.29, 1.82) is 0 Å². The molecule has 0 bridgehead atoms. The zero-order chi connectivity index (χ0) is 23.6. The lowest BCUT2D eigenvalue weighted by Gasteiger charge is -2.33. The number of ether oxygens (including phenoxy) is 1. The number of benzene rings is 2. The number of azide groups is 1. The van der Waals surface area contributed by atoms with Crippen molar-refractivity contribution in [1.82, 2.24) is 0 Å². The predicted octanol–water partition coefficient (Wildman–Crippen LogP) is 6.01. The van der Waals surface area contributed by atoms with Crippen molar-refractivity contribution >= 4 is 24.0 Å². The van der Waals surface area contributed by atoms with Gasteiger partial charge >= 0.3 is 0 Å². The van der Waals surface area contributed by atoms with Gasteiger partial charge in [-0.3, -0.25) is 4.72 Å². The zero-order valence-corrected chi connectivity index (χ0v) is 20.9. The number of nitrogens with zero attached hydrogens (tertiary/aromatic N) is 3. The van der Waals surface area contributed by atoms with Crippen LogP contribution >= 0.6 is 0 Å². The summed E-state index contributed by atoms with van der Waals surface area (Å²) in [6.07, 6.45) is 0.637. The Morgan fingerprint density at radius 3 is 2.31 bits per heavy atom. The molecule has 1 atom stereocenters. The van der Waals surface area contributed by atoms with Crippen molar-refractivity contribution in [3.05, 3.63) is 70.1 Å². The van der Waals surface area contributed by atoms with E-state index in [0.717, 1.165) is 35.5 Å². The van der Waals surface area contributed by atoms with E-state index in [-0.39, 0.29) is 6.54 Å². The van der Waals surface area contributed by atoms with Crippen LogP contribution in [0.25, 0.3) is 10.4 Å². The van der Waals surface area contributed by atoms with Crippen molar-refractivity contribution in [2.24, 2.45) is 5.11 Å². The molecule has 1 unspecified atom stereocenters. The average molecular weight is 477 g/mol. The molecule has 2 rings (SSSR count). The first-order valence-electron chi connectivity index (χ1n) is 10.7. The Balaban J connectivity index is 2.40. The van der Waals surface area contributed by atoms with Gasteiger partial charge < -0.3 is 9.16 Å². The molecule has 0 aliphatic carbocycles. The number of nitrogens with one attached hydrogen (secondary N) is 1. The molecule has 0 heterocycles. The largest absolute Gasteiger partial charge is 0.487 e. The van der Waals surface area contributed by atoms with E-state index in [1.54, 1.807) is 12.1 Å². The van der Waals surface area contributed by atoms with Gasteiger partial charge in [0.1, 0.15) is 12.4 Å². The molecule has 2 aromatic carbocycles. The van der Waals surface area contributed by atoms with E-state index < -0.39 is 24.4 Å². The molecule has 1 N–H and O–H groups in total. The molecule has 0 spiro atoms. The SMILES string of the molecule is CC[Si](CC)(CC)OC(CN=[N+]=[N-])c1ccc(OCc2ccccc2)c(NS(C)(=O)=O)c1. The van der Waals surface area contributed by atoms with E-state index >= 15 is 0 Å². The molecule has 174 valence electrons. The number of anilines is 1. The van der Waals surface area contributed by atoms with Crippen molar-refractivity contribution in [3.8, 4) is 5.75 Å². The number of rotatable bonds is 13. The summed E-state index contributed by atoms with van der Waals surface area (Å²) in [5.74, 6) is 0.413. The molecule has 32 heavy (non-hydrogen) atoms. The summed E-state index contributed by atoms with van der Waals surface area (Å²) in [4.78, 5) is 2.90. The molecule has 0 aliphatic rings. The summed E-state index contributed by atoms with van der Waals surface area (Å²) in [5, 5.41) is 3.75. The first kappa shape index (κ1) is 25.7. The second kappa shape index (κ2) is 11.9. The van der Waals surface area contributed by atoms with Gasteiger partial charge in [-0.05, 0) is 46.9 Å². The Bertz CT molecular complexity index is 1020. The third-order valence-electron chi connectivity index (χ3n) is 5.54. The van der Waals surface area contributed by atoms with Crippen molar-refractivity contribution < 1.29 is 17.6 Å². The number of sulfonamides is 1. The smallest absolute Gasteiger partial charge is 0.229 e. The maximum Gasteiger partial charge on any atom is 0.229 e. The summed E-state index contributed by atoms with van der Waals surface area (Å²) in [6.45, 7) is 6.81. The Morgan fingerprint density at radius 1 is 1.09 bits per heavy atom. The van der Waals surface area contributed by atoms with Crippen LogP contribution in [0.5, 0.6) is 5.75 Å². The van der Waals surface area contributed by atoms with Gasteiger partial charge in [0, 0.05) is 4.91 Å². The summed E-state index contributed by atoms with van der Waals surface area (Å²) < 4.78 is 39.0. The van der Waals surface area contributed by atoms with Gasteiger partial charge in [-0.1, -0.05) is 62.3 Å². The normalized spacial score (nSPS) is 12.6. The molecule has 0 saturated heterocycles. The minimum Gasteiger partial charge on any atom is -0.487 e. The molecule has 0 radical (unpaired) electrons. The topological polar surface area (TPSA) is 113 Å². The van der Waals surface area contributed by atoms with Crippen LogP contribution in [0, 0.1) is 0 Å². The maximum atomic E-state index is 12.0. The van der Waals surface area contributed by atoms with Crippen LogP contribution in [0.2, 0.25) is 18.1 Å². The van der Waals surface area contributed by atoms with Crippen molar-refractivity contribution in [3.63, 3.8) is 0 Å². The fraction of sp³-hybridized carbons (Fsp3) is 0.455. The quantitative estimate of drug-likeness (QED) is 0.165. The highest BCUT2D eigenvalue weighted by Crippen LogP contribution is 2.34. The lowest BCUT2D eigenvalue weighted by Crippen LogP contribution is -2.38. The molecule has 2 aromatic rings. The molecule has 0 aliphatic heterocycles. The average Bonchev–Trinajstić information content (AvgIpc) is 2.78. The van der Waals surface area contributed by atoms with Crippen LogP contribution in [-0.4, -0.2) is 29.5 Å². The highest BCUT2D eigenvalue weighted by atomic mass is 32.2. The Hall–Kier alpha value is -2.52. The lowest BCUT2D eigenvalue weighted by atomic mass is 10.1. The summed E-state index contributed by atoms with van der Waals surface area (Å²) in [5.41, 5.74) is 10.9. The van der Waals surface area contributed by atoms with Crippen LogP contribution in [0.3, 0.4) is 0 Å². The van der Waals surface area contributed by atoms with E-state index in [1.165, 1.54) is 0 Å². The van der Waals surface area contributed by atoms with E-state index in [0.29, 0.717) is 18.0 Å². The molecular formula is C22H32N4O4SSi. The highest BCUT2D eigenvalue weighted by Gasteiger charge is 2.32. The first-order valence-corrected chi connectivity index (χ1v) is 15.1. The Kier molecular flexibility index (Phi) is 9.58. The third-order valence-corrected chi connectivity index (χ3v) is 10.8. The van der Waals surface area contributed by atoms with Gasteiger partial charge in [0.15, 0.2) is 8.32 Å². The Labute approximate surface area is 191 Å². The third kappa shape index (κ3) is 7.56. The van der Waals surface area contributed by atoms with Gasteiger partial charge in [-0.2, -0.15) is 0 Å². The van der Waals surface area contributed by atoms with E-state index in [1.807, 2.05) is 36.4 Å². The van der Waals surface area contributed by atoms with Crippen LogP contribution < -0.4 is 9.46 Å². The molecular weight excluding hydrogens is 444 g/mol. The minimum atomic E-state index is -3.54. The molecule has 0 fully saturated rings. The monoisotopic (exact) mass is 476 g/mol. The second-order valence-electron chi connectivity index (χ2n) is 7.67. The number of hydrogen-bond acceptors (Lipinski definition) is 5. The fourth-order valence-corrected chi connectivity index (χ4v) is 6.88.